The number of nitrogens with one attached hydrogen (secondary N) is 1. The topological polar surface area (TPSA) is 72.7 Å². The highest BCUT2D eigenvalue weighted by atomic mass is 32.1. The number of benzene rings is 1. The fourth-order valence-electron chi connectivity index (χ4n) is 2.77. The van der Waals surface area contributed by atoms with Gasteiger partial charge in [-0.25, -0.2) is 14.6 Å². The molecule has 0 saturated carbocycles. The smallest absolute Gasteiger partial charge is 0.257 e. The Hall–Kier alpha value is -2.84. The van der Waals surface area contributed by atoms with Crippen molar-refractivity contribution >= 4 is 33.7 Å². The van der Waals surface area contributed by atoms with E-state index < -0.39 is 0 Å². The van der Waals surface area contributed by atoms with E-state index in [9.17, 15) is 4.79 Å². The maximum atomic E-state index is 12.5. The fraction of sp³-hybridized carbons (Fsp3) is 0.158. The monoisotopic (exact) mass is 395 g/mol. The van der Waals surface area contributed by atoms with Crippen molar-refractivity contribution in [1.82, 2.24) is 19.7 Å². The molecule has 4 aromatic rings. The second-order valence-corrected chi connectivity index (χ2v) is 8.43. The molecule has 0 aliphatic rings. The molecule has 0 radical (unpaired) electrons. The molecule has 1 aromatic carbocycles. The quantitative estimate of drug-likeness (QED) is 0.544. The van der Waals surface area contributed by atoms with E-state index in [0.29, 0.717) is 17.2 Å². The van der Waals surface area contributed by atoms with E-state index in [1.165, 1.54) is 27.4 Å². The van der Waals surface area contributed by atoms with E-state index in [1.54, 1.807) is 22.3 Å². The minimum Gasteiger partial charge on any atom is -0.298 e. The molecule has 0 aliphatic carbocycles. The molecule has 4 rings (SSSR count). The van der Waals surface area contributed by atoms with Gasteiger partial charge in [-0.2, -0.15) is 5.10 Å². The molecule has 0 fully saturated rings. The van der Waals surface area contributed by atoms with Crippen LogP contribution in [0, 0.1) is 13.8 Å². The first-order valence-electron chi connectivity index (χ1n) is 8.34. The van der Waals surface area contributed by atoms with Gasteiger partial charge in [-0.3, -0.25) is 10.1 Å². The molecule has 3 aromatic heterocycles. The predicted octanol–water partition coefficient (Wildman–Crippen LogP) is 4.38. The number of hydrogen-bond donors (Lipinski definition) is 1. The van der Waals surface area contributed by atoms with Gasteiger partial charge in [0.25, 0.3) is 5.91 Å². The summed E-state index contributed by atoms with van der Waals surface area (Å²) in [6.45, 7) is 4.80. The van der Waals surface area contributed by atoms with E-state index in [1.807, 2.05) is 29.6 Å². The zero-order valence-corrected chi connectivity index (χ0v) is 16.5. The molecule has 0 atom stereocenters. The van der Waals surface area contributed by atoms with Crippen molar-refractivity contribution in [1.29, 1.82) is 0 Å². The van der Waals surface area contributed by atoms with Gasteiger partial charge in [0.1, 0.15) is 12.7 Å². The Morgan fingerprint density at radius 1 is 1.22 bits per heavy atom. The lowest BCUT2D eigenvalue weighted by Gasteiger charge is -2.04. The van der Waals surface area contributed by atoms with Crippen molar-refractivity contribution < 1.29 is 4.79 Å². The normalized spacial score (nSPS) is 10.9. The average Bonchev–Trinajstić information content (AvgIpc) is 3.38. The van der Waals surface area contributed by atoms with Crippen LogP contribution >= 0.6 is 22.7 Å². The highest BCUT2D eigenvalue weighted by Gasteiger charge is 2.12. The molecular weight excluding hydrogens is 378 g/mol. The zero-order chi connectivity index (χ0) is 18.8. The molecular formula is C19H17N5OS2. The molecule has 0 bridgehead atoms. The third-order valence-electron chi connectivity index (χ3n) is 4.07. The summed E-state index contributed by atoms with van der Waals surface area (Å²) >= 11 is 3.19. The molecule has 8 heteroatoms. The maximum absolute atomic E-state index is 12.5. The maximum Gasteiger partial charge on any atom is 0.257 e. The van der Waals surface area contributed by atoms with E-state index in [2.05, 4.69) is 40.3 Å². The number of amides is 1. The molecule has 3 heterocycles. The number of carbonyl (C=O) groups is 1. The van der Waals surface area contributed by atoms with Gasteiger partial charge in [-0.1, -0.05) is 12.1 Å². The molecule has 6 nitrogen and oxygen atoms in total. The Balaban J connectivity index is 1.44. The van der Waals surface area contributed by atoms with Crippen molar-refractivity contribution in [2.45, 2.75) is 20.4 Å². The second-order valence-electron chi connectivity index (χ2n) is 6.11. The van der Waals surface area contributed by atoms with Gasteiger partial charge in [0.05, 0.1) is 12.2 Å². The average molecular weight is 396 g/mol. The van der Waals surface area contributed by atoms with Crippen molar-refractivity contribution in [3.8, 4) is 11.3 Å². The summed E-state index contributed by atoms with van der Waals surface area (Å²) in [6, 6.07) is 9.59. The highest BCUT2D eigenvalue weighted by molar-refractivity contribution is 7.14. The van der Waals surface area contributed by atoms with Gasteiger partial charge in [0.15, 0.2) is 5.13 Å². The molecule has 0 saturated heterocycles. The van der Waals surface area contributed by atoms with Crippen LogP contribution in [-0.4, -0.2) is 25.7 Å². The van der Waals surface area contributed by atoms with Gasteiger partial charge in [0, 0.05) is 26.3 Å². The fourth-order valence-corrected chi connectivity index (χ4v) is 4.41. The van der Waals surface area contributed by atoms with Gasteiger partial charge in [0.2, 0.25) is 0 Å². The Kier molecular flexibility index (Phi) is 4.83. The summed E-state index contributed by atoms with van der Waals surface area (Å²) in [5, 5.41) is 9.54. The van der Waals surface area contributed by atoms with E-state index in [4.69, 9.17) is 0 Å². The number of hydrogen-bond acceptors (Lipinski definition) is 6. The lowest BCUT2D eigenvalue weighted by molar-refractivity contribution is 0.102. The number of thiophene rings is 1. The molecule has 27 heavy (non-hydrogen) atoms. The van der Waals surface area contributed by atoms with E-state index >= 15 is 0 Å². The molecule has 0 unspecified atom stereocenters. The number of aromatic nitrogens is 4. The van der Waals surface area contributed by atoms with Crippen LogP contribution in [0.1, 0.15) is 25.7 Å². The Morgan fingerprint density at radius 2 is 2.04 bits per heavy atom. The number of aryl methyl sites for hydroxylation is 2. The highest BCUT2D eigenvalue weighted by Crippen LogP contribution is 2.32. The number of thiazole rings is 1. The first-order chi connectivity index (χ1) is 13.1. The van der Waals surface area contributed by atoms with Crippen LogP contribution in [0.15, 0.2) is 48.4 Å². The molecule has 0 aliphatic heterocycles. The summed E-state index contributed by atoms with van der Waals surface area (Å²) in [4.78, 5) is 23.5. The van der Waals surface area contributed by atoms with Crippen LogP contribution in [0.3, 0.4) is 0 Å². The second kappa shape index (κ2) is 7.42. The van der Waals surface area contributed by atoms with Crippen molar-refractivity contribution in [2.75, 3.05) is 5.32 Å². The first kappa shape index (κ1) is 17.6. The van der Waals surface area contributed by atoms with Crippen LogP contribution in [0.25, 0.3) is 11.3 Å². The SMILES string of the molecule is Cc1cc(-c2csc(NC(=O)c3ccc(Cn4cncn4)cc3)n2)c(C)s1. The minimum absolute atomic E-state index is 0.165. The van der Waals surface area contributed by atoms with Crippen molar-refractivity contribution in [2.24, 2.45) is 0 Å². The first-order valence-corrected chi connectivity index (χ1v) is 10.0. The van der Waals surface area contributed by atoms with Gasteiger partial charge in [-0.15, -0.1) is 22.7 Å². The summed E-state index contributed by atoms with van der Waals surface area (Å²) < 4.78 is 1.74. The lowest BCUT2D eigenvalue weighted by atomic mass is 10.1. The van der Waals surface area contributed by atoms with Crippen LogP contribution in [0.5, 0.6) is 0 Å². The summed E-state index contributed by atoms with van der Waals surface area (Å²) in [5.74, 6) is -0.165. The van der Waals surface area contributed by atoms with Crippen LogP contribution in [-0.2, 0) is 6.54 Å². The Labute approximate surface area is 164 Å². The van der Waals surface area contributed by atoms with Crippen LogP contribution in [0.4, 0.5) is 5.13 Å². The zero-order valence-electron chi connectivity index (χ0n) is 14.8. The van der Waals surface area contributed by atoms with Gasteiger partial charge >= 0.3 is 0 Å². The third-order valence-corrected chi connectivity index (χ3v) is 5.79. The molecule has 1 N–H and O–H groups in total. The Bertz CT molecular complexity index is 1060. The molecule has 136 valence electrons. The number of rotatable bonds is 5. The number of nitrogens with zero attached hydrogens (tertiary/aromatic N) is 4. The van der Waals surface area contributed by atoms with E-state index in [-0.39, 0.29) is 5.91 Å². The van der Waals surface area contributed by atoms with Crippen LogP contribution < -0.4 is 5.32 Å². The minimum atomic E-state index is -0.165. The number of carbonyl (C=O) groups excluding carboxylic acids is 1. The van der Waals surface area contributed by atoms with E-state index in [0.717, 1.165) is 16.8 Å². The van der Waals surface area contributed by atoms with Gasteiger partial charge in [-0.05, 0) is 37.6 Å². The predicted molar refractivity (Wildman–Crippen MR) is 108 cm³/mol. The van der Waals surface area contributed by atoms with Crippen molar-refractivity contribution in [3.05, 3.63) is 69.2 Å². The Morgan fingerprint density at radius 3 is 2.70 bits per heavy atom. The lowest BCUT2D eigenvalue weighted by Crippen LogP contribution is -2.11. The summed E-state index contributed by atoms with van der Waals surface area (Å²) in [6.07, 6.45) is 3.17. The largest absolute Gasteiger partial charge is 0.298 e. The number of anilines is 1. The summed E-state index contributed by atoms with van der Waals surface area (Å²) in [5.41, 5.74) is 3.68. The standard InChI is InChI=1S/C19H17N5OS2/c1-12-7-16(13(2)27-12)17-9-26-19(22-17)23-18(25)15-5-3-14(4-6-15)8-24-11-20-10-21-24/h3-7,9-11H,8H2,1-2H3,(H,22,23,25). The molecule has 1 amide bonds. The van der Waals surface area contributed by atoms with Gasteiger partial charge < -0.3 is 0 Å². The molecule has 0 spiro atoms. The third kappa shape index (κ3) is 3.96. The van der Waals surface area contributed by atoms with Crippen LogP contribution in [0.2, 0.25) is 0 Å². The summed E-state index contributed by atoms with van der Waals surface area (Å²) in [7, 11) is 0. The van der Waals surface area contributed by atoms with Crippen molar-refractivity contribution in [3.63, 3.8) is 0 Å².